The van der Waals surface area contributed by atoms with Crippen molar-refractivity contribution >= 4 is 60.0 Å². The summed E-state index contributed by atoms with van der Waals surface area (Å²) in [5.41, 5.74) is 4.32. The number of halogens is 2. The number of aromatic nitrogens is 4. The maximum Gasteiger partial charge on any atom is 0.255 e. The first-order chi connectivity index (χ1) is 21.5. The van der Waals surface area contributed by atoms with Crippen molar-refractivity contribution in [2.45, 2.75) is 6.92 Å². The van der Waals surface area contributed by atoms with E-state index < -0.39 is 21.9 Å². The third-order valence-electron chi connectivity index (χ3n) is 7.93. The second-order valence-corrected chi connectivity index (χ2v) is 12.6. The van der Waals surface area contributed by atoms with E-state index in [1.807, 2.05) is 0 Å². The third-order valence-corrected chi connectivity index (χ3v) is 9.12. The molecule has 226 valence electrons. The molecule has 0 aliphatic carbocycles. The number of carbonyl (C=O) groups excluding carboxylic acids is 1. The Morgan fingerprint density at radius 3 is 2.51 bits per heavy atom. The standard InChI is InChI=1S/C32H24F2N6O4S/c1-16-17(8-11-28(34)37-16)31-29(32(41)35-2)20-12-19(25(14-27(20)44-31)39(3)45(4,42)43)22-9-10-23-30(38-22)26-13-18-21(33)6-5-7-24(18)40(26)15-36-23/h5-15H,1-4H3,(H,35,41). The number of carbonyl (C=O) groups is 1. The molecule has 1 amide bonds. The largest absolute Gasteiger partial charge is 0.455 e. The van der Waals surface area contributed by atoms with Crippen LogP contribution in [0.3, 0.4) is 0 Å². The highest BCUT2D eigenvalue weighted by Crippen LogP contribution is 2.42. The van der Waals surface area contributed by atoms with Gasteiger partial charge in [0.25, 0.3) is 5.91 Å². The predicted octanol–water partition coefficient (Wildman–Crippen LogP) is 5.85. The van der Waals surface area contributed by atoms with Crippen LogP contribution in [0.15, 0.2) is 71.4 Å². The summed E-state index contributed by atoms with van der Waals surface area (Å²) in [6.07, 6.45) is 2.67. The first kappa shape index (κ1) is 28.3. The molecule has 5 heterocycles. The number of nitrogens with zero attached hydrogens (tertiary/aromatic N) is 5. The lowest BCUT2D eigenvalue weighted by atomic mass is 10.00. The molecule has 13 heteroatoms. The van der Waals surface area contributed by atoms with E-state index in [4.69, 9.17) is 9.40 Å². The van der Waals surface area contributed by atoms with Gasteiger partial charge in [0.2, 0.25) is 16.0 Å². The monoisotopic (exact) mass is 626 g/mol. The van der Waals surface area contributed by atoms with Gasteiger partial charge in [-0.1, -0.05) is 6.07 Å². The van der Waals surface area contributed by atoms with Crippen molar-refractivity contribution < 1.29 is 26.4 Å². The normalized spacial score (nSPS) is 12.0. The van der Waals surface area contributed by atoms with Gasteiger partial charge in [0.15, 0.2) is 0 Å². The van der Waals surface area contributed by atoms with Gasteiger partial charge in [-0.25, -0.2) is 27.8 Å². The van der Waals surface area contributed by atoms with E-state index in [-0.39, 0.29) is 28.4 Å². The van der Waals surface area contributed by atoms with Crippen LogP contribution in [0.2, 0.25) is 0 Å². The number of sulfonamides is 1. The van der Waals surface area contributed by atoms with Gasteiger partial charge in [0.1, 0.15) is 29.0 Å². The Labute approximate surface area is 255 Å². The zero-order valence-corrected chi connectivity index (χ0v) is 25.2. The van der Waals surface area contributed by atoms with E-state index >= 15 is 0 Å². The molecule has 0 unspecified atom stereocenters. The number of amides is 1. The quantitative estimate of drug-likeness (QED) is 0.238. The molecule has 0 saturated carbocycles. The highest BCUT2D eigenvalue weighted by molar-refractivity contribution is 7.92. The fraction of sp³-hybridized carbons (Fsp3) is 0.125. The Balaban J connectivity index is 1.55. The number of fused-ring (bicyclic) bond motifs is 6. The summed E-state index contributed by atoms with van der Waals surface area (Å²) < 4.78 is 63.2. The molecule has 7 aromatic rings. The zero-order valence-electron chi connectivity index (χ0n) is 24.4. The minimum atomic E-state index is -3.77. The van der Waals surface area contributed by atoms with Crippen LogP contribution in [0.5, 0.6) is 0 Å². The molecule has 0 aliphatic rings. The SMILES string of the molecule is CNC(=O)c1c(-c2ccc(F)nc2C)oc2cc(N(C)S(C)(=O)=O)c(-c3ccc4ncn5c6cccc(F)c6cc5c4n3)cc12. The Bertz CT molecular complexity index is 2490. The zero-order chi connectivity index (χ0) is 31.8. The lowest BCUT2D eigenvalue weighted by molar-refractivity contribution is 0.0964. The predicted molar refractivity (Wildman–Crippen MR) is 168 cm³/mol. The smallest absolute Gasteiger partial charge is 0.255 e. The van der Waals surface area contributed by atoms with Crippen LogP contribution in [0.1, 0.15) is 16.1 Å². The molecule has 7 rings (SSSR count). The third kappa shape index (κ3) is 4.46. The molecule has 1 N–H and O–H groups in total. The van der Waals surface area contributed by atoms with Gasteiger partial charge in [-0.3, -0.25) is 13.5 Å². The fourth-order valence-electron chi connectivity index (χ4n) is 5.62. The average Bonchev–Trinajstić information content (AvgIpc) is 3.58. The lowest BCUT2D eigenvalue weighted by Gasteiger charge is -2.20. The first-order valence-electron chi connectivity index (χ1n) is 13.7. The van der Waals surface area contributed by atoms with E-state index in [1.54, 1.807) is 54.0 Å². The molecule has 0 saturated heterocycles. The van der Waals surface area contributed by atoms with Gasteiger partial charge < -0.3 is 9.73 Å². The van der Waals surface area contributed by atoms with Crippen molar-refractivity contribution in [2.75, 3.05) is 24.7 Å². The van der Waals surface area contributed by atoms with E-state index in [1.165, 1.54) is 38.4 Å². The van der Waals surface area contributed by atoms with Crippen molar-refractivity contribution in [3.63, 3.8) is 0 Å². The number of hydrogen-bond acceptors (Lipinski definition) is 7. The number of benzene rings is 2. The molecule has 0 spiro atoms. The number of pyridine rings is 2. The van der Waals surface area contributed by atoms with E-state index in [0.29, 0.717) is 55.4 Å². The molecule has 10 nitrogen and oxygen atoms in total. The maximum atomic E-state index is 14.7. The minimum Gasteiger partial charge on any atom is -0.455 e. The van der Waals surface area contributed by atoms with E-state index in [2.05, 4.69) is 15.3 Å². The van der Waals surface area contributed by atoms with Crippen LogP contribution in [-0.4, -0.2) is 54.0 Å². The molecule has 0 radical (unpaired) electrons. The fourth-order valence-corrected chi connectivity index (χ4v) is 6.13. The average molecular weight is 627 g/mol. The summed E-state index contributed by atoms with van der Waals surface area (Å²) in [5.74, 6) is -1.38. The van der Waals surface area contributed by atoms with Crippen molar-refractivity contribution in [3.8, 4) is 22.6 Å². The van der Waals surface area contributed by atoms with Crippen LogP contribution in [0, 0.1) is 18.7 Å². The molecule has 0 atom stereocenters. The summed E-state index contributed by atoms with van der Waals surface area (Å²) in [7, 11) is -0.891. The van der Waals surface area contributed by atoms with Gasteiger partial charge in [0.05, 0.1) is 45.4 Å². The van der Waals surface area contributed by atoms with Crippen LogP contribution in [0.4, 0.5) is 14.5 Å². The topological polar surface area (TPSA) is 123 Å². The second-order valence-electron chi connectivity index (χ2n) is 10.6. The van der Waals surface area contributed by atoms with Gasteiger partial charge >= 0.3 is 0 Å². The maximum absolute atomic E-state index is 14.7. The van der Waals surface area contributed by atoms with Crippen molar-refractivity contribution in [3.05, 3.63) is 90.0 Å². The Morgan fingerprint density at radius 1 is 0.978 bits per heavy atom. The number of nitrogens with one attached hydrogen (secondary N) is 1. The number of rotatable bonds is 5. The summed E-state index contributed by atoms with van der Waals surface area (Å²) in [4.78, 5) is 26.6. The summed E-state index contributed by atoms with van der Waals surface area (Å²) in [5, 5.41) is 3.41. The summed E-state index contributed by atoms with van der Waals surface area (Å²) >= 11 is 0. The highest BCUT2D eigenvalue weighted by atomic mass is 32.2. The van der Waals surface area contributed by atoms with Gasteiger partial charge in [-0.15, -0.1) is 0 Å². The lowest BCUT2D eigenvalue weighted by Crippen LogP contribution is -2.25. The van der Waals surface area contributed by atoms with Gasteiger partial charge in [0, 0.05) is 42.1 Å². The van der Waals surface area contributed by atoms with Crippen LogP contribution in [0.25, 0.3) is 61.0 Å². The number of aryl methyl sites for hydroxylation is 1. The first-order valence-corrected chi connectivity index (χ1v) is 15.6. The summed E-state index contributed by atoms with van der Waals surface area (Å²) in [6, 6.07) is 15.7. The highest BCUT2D eigenvalue weighted by Gasteiger charge is 2.27. The molecular weight excluding hydrogens is 602 g/mol. The molecule has 2 aromatic carbocycles. The number of furan rings is 1. The van der Waals surface area contributed by atoms with Gasteiger partial charge in [-0.05, 0) is 55.5 Å². The molecule has 0 fully saturated rings. The van der Waals surface area contributed by atoms with Crippen LogP contribution in [-0.2, 0) is 10.0 Å². The Morgan fingerprint density at radius 2 is 1.78 bits per heavy atom. The van der Waals surface area contributed by atoms with Crippen molar-refractivity contribution in [2.24, 2.45) is 0 Å². The summed E-state index contributed by atoms with van der Waals surface area (Å²) in [6.45, 7) is 1.60. The molecule has 45 heavy (non-hydrogen) atoms. The molecular formula is C32H24F2N6O4S. The number of hydrogen-bond donors (Lipinski definition) is 1. The molecule has 5 aromatic heterocycles. The molecule has 0 aliphatic heterocycles. The molecule has 0 bridgehead atoms. The van der Waals surface area contributed by atoms with E-state index in [0.717, 1.165) is 10.6 Å². The number of anilines is 1. The van der Waals surface area contributed by atoms with Crippen LogP contribution < -0.4 is 9.62 Å². The van der Waals surface area contributed by atoms with Crippen LogP contribution >= 0.6 is 0 Å². The van der Waals surface area contributed by atoms with Gasteiger partial charge in [-0.2, -0.15) is 4.39 Å². The van der Waals surface area contributed by atoms with Crippen molar-refractivity contribution in [1.82, 2.24) is 24.7 Å². The van der Waals surface area contributed by atoms with Crippen molar-refractivity contribution in [1.29, 1.82) is 0 Å². The Hall–Kier alpha value is -5.43. The second kappa shape index (κ2) is 10.1. The minimum absolute atomic E-state index is 0.152. The van der Waals surface area contributed by atoms with E-state index in [9.17, 15) is 22.0 Å². The Kier molecular flexibility index (Phi) is 6.34.